The summed E-state index contributed by atoms with van der Waals surface area (Å²) in [5, 5.41) is 0. The molecule has 2 aromatic carbocycles. The van der Waals surface area contributed by atoms with Gasteiger partial charge in [-0.05, 0) is 35.4 Å². The van der Waals surface area contributed by atoms with Crippen LogP contribution in [0.1, 0.15) is 29.5 Å². The van der Waals surface area contributed by atoms with E-state index in [4.69, 9.17) is 5.73 Å². The van der Waals surface area contributed by atoms with E-state index in [1.807, 2.05) is 6.07 Å². The van der Waals surface area contributed by atoms with E-state index in [0.717, 1.165) is 0 Å². The van der Waals surface area contributed by atoms with Crippen LogP contribution in [-0.2, 0) is 0 Å². The molecule has 2 N–H and O–H groups in total. The van der Waals surface area contributed by atoms with Crippen LogP contribution in [0, 0.1) is 5.92 Å². The second-order valence-electron chi connectivity index (χ2n) is 4.96. The fourth-order valence-corrected chi connectivity index (χ4v) is 3.25. The van der Waals surface area contributed by atoms with Gasteiger partial charge in [-0.15, -0.1) is 0 Å². The summed E-state index contributed by atoms with van der Waals surface area (Å²) in [5.41, 5.74) is 9.01. The van der Waals surface area contributed by atoms with Crippen LogP contribution in [0.5, 0.6) is 0 Å². The Kier molecular flexibility index (Phi) is 3.23. The Morgan fingerprint density at radius 1 is 1.00 bits per heavy atom. The number of benzene rings is 2. The van der Waals surface area contributed by atoms with Crippen molar-refractivity contribution < 1.29 is 0 Å². The molecule has 18 heavy (non-hydrogen) atoms. The average molecular weight is 302 g/mol. The van der Waals surface area contributed by atoms with Crippen molar-refractivity contribution in [2.24, 2.45) is 11.7 Å². The molecule has 1 aliphatic rings. The lowest BCUT2D eigenvalue weighted by Gasteiger charge is -2.12. The summed E-state index contributed by atoms with van der Waals surface area (Å²) in [4.78, 5) is 0. The minimum atomic E-state index is 0.156. The number of nitrogens with two attached hydrogens (primary N) is 1. The molecule has 0 bridgehead atoms. The van der Waals surface area contributed by atoms with Crippen LogP contribution in [-0.4, -0.2) is 0 Å². The molecule has 0 saturated heterocycles. The van der Waals surface area contributed by atoms with Gasteiger partial charge in [0, 0.05) is 10.5 Å². The van der Waals surface area contributed by atoms with Crippen molar-refractivity contribution in [2.75, 3.05) is 0 Å². The van der Waals surface area contributed by atoms with Crippen LogP contribution in [0.3, 0.4) is 0 Å². The first-order valence-corrected chi connectivity index (χ1v) is 7.11. The van der Waals surface area contributed by atoms with Gasteiger partial charge in [-0.3, -0.25) is 0 Å². The van der Waals surface area contributed by atoms with Gasteiger partial charge in [0.25, 0.3) is 0 Å². The van der Waals surface area contributed by atoms with Crippen molar-refractivity contribution in [2.45, 2.75) is 18.4 Å². The zero-order valence-corrected chi connectivity index (χ0v) is 11.7. The van der Waals surface area contributed by atoms with Gasteiger partial charge in [-0.25, -0.2) is 0 Å². The molecule has 1 saturated carbocycles. The van der Waals surface area contributed by atoms with Gasteiger partial charge in [0.05, 0.1) is 0 Å². The molecule has 2 aromatic rings. The monoisotopic (exact) mass is 301 g/mol. The van der Waals surface area contributed by atoms with Crippen LogP contribution < -0.4 is 5.73 Å². The van der Waals surface area contributed by atoms with E-state index in [1.54, 1.807) is 0 Å². The lowest BCUT2D eigenvalue weighted by atomic mass is 10.00. The van der Waals surface area contributed by atoms with E-state index in [0.29, 0.717) is 11.8 Å². The first-order valence-electron chi connectivity index (χ1n) is 6.32. The van der Waals surface area contributed by atoms with Gasteiger partial charge >= 0.3 is 0 Å². The quantitative estimate of drug-likeness (QED) is 0.901. The van der Waals surface area contributed by atoms with Crippen molar-refractivity contribution in [3.05, 3.63) is 70.2 Å². The van der Waals surface area contributed by atoms with Crippen molar-refractivity contribution in [1.82, 2.24) is 0 Å². The highest BCUT2D eigenvalue weighted by Gasteiger charge is 2.43. The van der Waals surface area contributed by atoms with Gasteiger partial charge in [-0.1, -0.05) is 64.5 Å². The molecule has 92 valence electrons. The first-order chi connectivity index (χ1) is 8.77. The number of halogens is 1. The summed E-state index contributed by atoms with van der Waals surface area (Å²) in [6.45, 7) is 0. The molecular formula is C16H16BrN. The Labute approximate surface area is 116 Å². The fraction of sp³-hybridized carbons (Fsp3) is 0.250. The highest BCUT2D eigenvalue weighted by atomic mass is 79.9. The molecule has 3 atom stereocenters. The Morgan fingerprint density at radius 3 is 2.39 bits per heavy atom. The zero-order valence-electron chi connectivity index (χ0n) is 10.1. The van der Waals surface area contributed by atoms with Gasteiger partial charge < -0.3 is 5.73 Å². The third-order valence-corrected chi connectivity index (χ3v) is 4.51. The maximum Gasteiger partial charge on any atom is 0.0329 e. The van der Waals surface area contributed by atoms with E-state index in [2.05, 4.69) is 64.5 Å². The van der Waals surface area contributed by atoms with E-state index in [1.165, 1.54) is 22.0 Å². The van der Waals surface area contributed by atoms with Crippen LogP contribution in [0.4, 0.5) is 0 Å². The maximum absolute atomic E-state index is 6.36. The van der Waals surface area contributed by atoms with E-state index >= 15 is 0 Å². The minimum Gasteiger partial charge on any atom is -0.324 e. The smallest absolute Gasteiger partial charge is 0.0329 e. The van der Waals surface area contributed by atoms with Crippen LogP contribution in [0.2, 0.25) is 0 Å². The van der Waals surface area contributed by atoms with Gasteiger partial charge in [0.15, 0.2) is 0 Å². The number of hydrogen-bond donors (Lipinski definition) is 1. The number of hydrogen-bond acceptors (Lipinski definition) is 1. The molecule has 0 aromatic heterocycles. The molecule has 0 heterocycles. The molecular weight excluding hydrogens is 286 g/mol. The molecule has 3 unspecified atom stereocenters. The number of rotatable bonds is 3. The summed E-state index contributed by atoms with van der Waals surface area (Å²) < 4.78 is 1.21. The highest BCUT2D eigenvalue weighted by Crippen LogP contribution is 2.54. The van der Waals surface area contributed by atoms with Crippen LogP contribution in [0.25, 0.3) is 0 Å². The van der Waals surface area contributed by atoms with Crippen molar-refractivity contribution >= 4 is 15.9 Å². The van der Waals surface area contributed by atoms with Crippen LogP contribution in [0.15, 0.2) is 59.1 Å². The SMILES string of the molecule is NC(c1ccccc1)C1CC1c1ccccc1Br. The normalized spacial score (nSPS) is 23.7. The molecule has 0 amide bonds. The molecule has 1 fully saturated rings. The van der Waals surface area contributed by atoms with E-state index < -0.39 is 0 Å². The summed E-state index contributed by atoms with van der Waals surface area (Å²) in [6.07, 6.45) is 1.19. The molecule has 1 nitrogen and oxygen atoms in total. The fourth-order valence-electron chi connectivity index (χ4n) is 2.67. The largest absolute Gasteiger partial charge is 0.324 e. The van der Waals surface area contributed by atoms with Crippen molar-refractivity contribution in [1.29, 1.82) is 0 Å². The lowest BCUT2D eigenvalue weighted by molar-refractivity contribution is 0.615. The summed E-state index contributed by atoms with van der Waals surface area (Å²) in [5.74, 6) is 1.18. The molecule has 2 heteroatoms. The second kappa shape index (κ2) is 4.87. The van der Waals surface area contributed by atoms with Gasteiger partial charge in [0.2, 0.25) is 0 Å². The van der Waals surface area contributed by atoms with Gasteiger partial charge in [-0.2, -0.15) is 0 Å². The predicted octanol–water partition coefficient (Wildman–Crippen LogP) is 4.25. The molecule has 0 spiro atoms. The molecule has 0 aliphatic heterocycles. The predicted molar refractivity (Wildman–Crippen MR) is 78.4 cm³/mol. The third kappa shape index (κ3) is 2.23. The Hall–Kier alpha value is -1.12. The zero-order chi connectivity index (χ0) is 12.5. The minimum absolute atomic E-state index is 0.156. The van der Waals surface area contributed by atoms with E-state index in [-0.39, 0.29) is 6.04 Å². The standard InChI is InChI=1S/C16H16BrN/c17-15-9-5-4-8-12(15)13-10-14(13)16(18)11-6-2-1-3-7-11/h1-9,13-14,16H,10,18H2. The van der Waals surface area contributed by atoms with Crippen LogP contribution >= 0.6 is 15.9 Å². The molecule has 1 aliphatic carbocycles. The summed E-state index contributed by atoms with van der Waals surface area (Å²) in [7, 11) is 0. The molecule has 0 radical (unpaired) electrons. The summed E-state index contributed by atoms with van der Waals surface area (Å²) in [6, 6.07) is 19.0. The Morgan fingerprint density at radius 2 is 1.67 bits per heavy atom. The second-order valence-corrected chi connectivity index (χ2v) is 5.82. The third-order valence-electron chi connectivity index (χ3n) is 3.79. The Bertz CT molecular complexity index is 538. The Balaban J connectivity index is 1.77. The van der Waals surface area contributed by atoms with Crippen molar-refractivity contribution in [3.8, 4) is 0 Å². The molecule has 3 rings (SSSR count). The highest BCUT2D eigenvalue weighted by molar-refractivity contribution is 9.10. The average Bonchev–Trinajstić information content (AvgIpc) is 3.20. The first kappa shape index (κ1) is 11.9. The van der Waals surface area contributed by atoms with Crippen molar-refractivity contribution in [3.63, 3.8) is 0 Å². The van der Waals surface area contributed by atoms with E-state index in [9.17, 15) is 0 Å². The van der Waals surface area contributed by atoms with Gasteiger partial charge in [0.1, 0.15) is 0 Å². The maximum atomic E-state index is 6.36. The summed E-state index contributed by atoms with van der Waals surface area (Å²) >= 11 is 3.63. The lowest BCUT2D eigenvalue weighted by Crippen LogP contribution is -2.13. The topological polar surface area (TPSA) is 26.0 Å².